The Morgan fingerprint density at radius 3 is 1.63 bits per heavy atom. The van der Waals surface area contributed by atoms with E-state index in [1.807, 2.05) is 6.07 Å². The first kappa shape index (κ1) is 27.8. The molecule has 0 unspecified atom stereocenters. The fraction of sp³-hybridized carbons (Fsp3) is 0.657. The highest BCUT2D eigenvalue weighted by atomic mass is 19.2. The molecule has 5 rings (SSSR count). The van der Waals surface area contributed by atoms with E-state index in [9.17, 15) is 8.78 Å². The van der Waals surface area contributed by atoms with E-state index in [1.54, 1.807) is 6.07 Å². The van der Waals surface area contributed by atoms with Crippen LogP contribution < -0.4 is 0 Å². The van der Waals surface area contributed by atoms with Crippen LogP contribution in [-0.4, -0.2) is 0 Å². The fourth-order valence-electron chi connectivity index (χ4n) is 8.19. The van der Waals surface area contributed by atoms with Crippen molar-refractivity contribution < 1.29 is 13.2 Å². The van der Waals surface area contributed by atoms with Gasteiger partial charge in [0.1, 0.15) is 5.82 Å². The maximum absolute atomic E-state index is 15.3. The molecule has 3 fully saturated rings. The van der Waals surface area contributed by atoms with Crippen LogP contribution in [0.3, 0.4) is 0 Å². The van der Waals surface area contributed by atoms with Crippen molar-refractivity contribution >= 4 is 0 Å². The first-order chi connectivity index (χ1) is 18.5. The van der Waals surface area contributed by atoms with Gasteiger partial charge in [-0.2, -0.15) is 0 Å². The molecule has 208 valence electrons. The van der Waals surface area contributed by atoms with Gasteiger partial charge in [0.25, 0.3) is 0 Å². The number of hydrogen-bond donors (Lipinski definition) is 0. The van der Waals surface area contributed by atoms with Crippen LogP contribution >= 0.6 is 0 Å². The van der Waals surface area contributed by atoms with Gasteiger partial charge in [0.05, 0.1) is 0 Å². The molecular weight excluding hydrogens is 477 g/mol. The zero-order chi connectivity index (χ0) is 26.5. The summed E-state index contributed by atoms with van der Waals surface area (Å²) < 4.78 is 42.3. The van der Waals surface area contributed by atoms with E-state index in [1.165, 1.54) is 94.7 Å². The molecule has 2 aromatic carbocycles. The smallest absolute Gasteiger partial charge is 0.159 e. The van der Waals surface area contributed by atoms with E-state index in [0.29, 0.717) is 17.8 Å². The maximum atomic E-state index is 15.3. The summed E-state index contributed by atoms with van der Waals surface area (Å²) in [5.74, 6) is 2.13. The lowest BCUT2D eigenvalue weighted by Crippen LogP contribution is -2.25. The summed E-state index contributed by atoms with van der Waals surface area (Å²) in [6.07, 6.45) is 19.5. The lowest BCUT2D eigenvalue weighted by Gasteiger charge is -2.38. The molecule has 0 nitrogen and oxygen atoms in total. The predicted molar refractivity (Wildman–Crippen MR) is 151 cm³/mol. The van der Waals surface area contributed by atoms with Crippen LogP contribution in [0.4, 0.5) is 13.2 Å². The molecule has 2 aromatic rings. The minimum atomic E-state index is -0.759. The Bertz CT molecular complexity index is 1020. The van der Waals surface area contributed by atoms with Crippen molar-refractivity contribution in [2.24, 2.45) is 17.8 Å². The van der Waals surface area contributed by atoms with Crippen molar-refractivity contribution in [2.45, 2.75) is 127 Å². The summed E-state index contributed by atoms with van der Waals surface area (Å²) in [5.41, 5.74) is 3.12. The Kier molecular flexibility index (Phi) is 9.55. The lowest BCUT2D eigenvalue weighted by molar-refractivity contribution is 0.176. The van der Waals surface area contributed by atoms with E-state index in [0.717, 1.165) is 54.6 Å². The van der Waals surface area contributed by atoms with Gasteiger partial charge < -0.3 is 0 Å². The number of rotatable bonds is 8. The highest BCUT2D eigenvalue weighted by Gasteiger charge is 2.33. The monoisotopic (exact) mass is 524 g/mol. The van der Waals surface area contributed by atoms with Gasteiger partial charge in [-0.15, -0.1) is 0 Å². The van der Waals surface area contributed by atoms with Crippen molar-refractivity contribution in [2.75, 3.05) is 0 Å². The summed E-state index contributed by atoms with van der Waals surface area (Å²) >= 11 is 0. The molecular formula is C35H47F3. The molecule has 3 aliphatic carbocycles. The highest BCUT2D eigenvalue weighted by molar-refractivity contribution is 5.30. The van der Waals surface area contributed by atoms with Gasteiger partial charge >= 0.3 is 0 Å². The van der Waals surface area contributed by atoms with Crippen LogP contribution in [0.2, 0.25) is 0 Å². The van der Waals surface area contributed by atoms with Crippen LogP contribution in [0.5, 0.6) is 0 Å². The number of unbranched alkanes of at least 4 members (excludes halogenated alkanes) is 2. The van der Waals surface area contributed by atoms with Crippen molar-refractivity contribution in [1.29, 1.82) is 0 Å². The molecule has 3 saturated carbocycles. The summed E-state index contributed by atoms with van der Waals surface area (Å²) in [7, 11) is 0. The van der Waals surface area contributed by atoms with Crippen molar-refractivity contribution in [3.8, 4) is 0 Å². The van der Waals surface area contributed by atoms with Crippen LogP contribution in [0.1, 0.15) is 144 Å². The van der Waals surface area contributed by atoms with Gasteiger partial charge in [0.2, 0.25) is 0 Å². The highest BCUT2D eigenvalue weighted by Crippen LogP contribution is 2.46. The summed E-state index contributed by atoms with van der Waals surface area (Å²) in [5, 5.41) is 0. The average Bonchev–Trinajstić information content (AvgIpc) is 2.95. The fourth-order valence-corrected chi connectivity index (χ4v) is 8.19. The Morgan fingerprint density at radius 1 is 0.553 bits per heavy atom. The molecule has 0 radical (unpaired) electrons. The average molecular weight is 525 g/mol. The Morgan fingerprint density at radius 2 is 1.08 bits per heavy atom. The van der Waals surface area contributed by atoms with Crippen molar-refractivity contribution in [1.82, 2.24) is 0 Å². The molecule has 3 aliphatic rings. The minimum absolute atomic E-state index is 0.0306. The summed E-state index contributed by atoms with van der Waals surface area (Å²) in [6, 6.07) is 10.7. The zero-order valence-electron chi connectivity index (χ0n) is 23.4. The molecule has 3 heteroatoms. The Balaban J connectivity index is 1.08. The third-order valence-corrected chi connectivity index (χ3v) is 10.6. The van der Waals surface area contributed by atoms with Crippen molar-refractivity contribution in [3.05, 3.63) is 70.5 Å². The van der Waals surface area contributed by atoms with E-state index < -0.39 is 11.6 Å². The third kappa shape index (κ3) is 6.68. The first-order valence-electron chi connectivity index (χ1n) is 15.8. The second-order valence-electron chi connectivity index (χ2n) is 12.9. The Labute approximate surface area is 228 Å². The zero-order valence-corrected chi connectivity index (χ0v) is 23.4. The Hall–Kier alpha value is -1.77. The summed E-state index contributed by atoms with van der Waals surface area (Å²) in [4.78, 5) is 0. The molecule has 0 aromatic heterocycles. The lowest BCUT2D eigenvalue weighted by atomic mass is 9.67. The van der Waals surface area contributed by atoms with E-state index in [2.05, 4.69) is 19.1 Å². The molecule has 38 heavy (non-hydrogen) atoms. The molecule has 0 aliphatic heterocycles. The van der Waals surface area contributed by atoms with Crippen LogP contribution in [-0.2, 0) is 0 Å². The second kappa shape index (κ2) is 13.1. The quantitative estimate of drug-likeness (QED) is 0.301. The third-order valence-electron chi connectivity index (χ3n) is 10.6. The predicted octanol–water partition coefficient (Wildman–Crippen LogP) is 11.2. The second-order valence-corrected chi connectivity index (χ2v) is 12.9. The van der Waals surface area contributed by atoms with Gasteiger partial charge in [-0.25, -0.2) is 13.2 Å². The summed E-state index contributed by atoms with van der Waals surface area (Å²) in [6.45, 7) is 2.27. The standard InChI is InChI=1S/C35H47F3/c1-2-3-4-5-24-6-8-27(9-7-24)30-18-20-32(34(37)22-30)29-16-14-26(15-17-29)25-10-12-28(13-11-25)31-19-21-33(36)35(38)23-31/h18-29H,2-17H2,1H3. The maximum Gasteiger partial charge on any atom is 0.159 e. The van der Waals surface area contributed by atoms with Crippen LogP contribution in [0.15, 0.2) is 36.4 Å². The van der Waals surface area contributed by atoms with Crippen LogP contribution in [0, 0.1) is 35.2 Å². The molecule has 0 atom stereocenters. The molecule has 0 amide bonds. The largest absolute Gasteiger partial charge is 0.207 e. The molecule has 0 spiro atoms. The minimum Gasteiger partial charge on any atom is -0.207 e. The van der Waals surface area contributed by atoms with E-state index in [-0.39, 0.29) is 5.82 Å². The van der Waals surface area contributed by atoms with Gasteiger partial charge in [0, 0.05) is 0 Å². The van der Waals surface area contributed by atoms with E-state index in [4.69, 9.17) is 0 Å². The molecule has 0 heterocycles. The number of hydrogen-bond acceptors (Lipinski definition) is 0. The normalized spacial score (nSPS) is 30.3. The van der Waals surface area contributed by atoms with Gasteiger partial charge in [-0.3, -0.25) is 0 Å². The van der Waals surface area contributed by atoms with E-state index >= 15 is 4.39 Å². The molecule has 0 bridgehead atoms. The number of benzene rings is 2. The SMILES string of the molecule is CCCCCC1CCC(c2ccc(C3CCC(C4CCC(c5ccc(F)c(F)c5)CC4)CC3)c(F)c2)CC1. The first-order valence-corrected chi connectivity index (χ1v) is 15.8. The van der Waals surface area contributed by atoms with Gasteiger partial charge in [-0.1, -0.05) is 50.8 Å². The van der Waals surface area contributed by atoms with Gasteiger partial charge in [0.15, 0.2) is 11.6 Å². The van der Waals surface area contributed by atoms with Gasteiger partial charge in [-0.05, 0) is 147 Å². The van der Waals surface area contributed by atoms with Crippen LogP contribution in [0.25, 0.3) is 0 Å². The molecule has 0 N–H and O–H groups in total. The topological polar surface area (TPSA) is 0 Å². The van der Waals surface area contributed by atoms with Crippen molar-refractivity contribution in [3.63, 3.8) is 0 Å². The number of halogens is 3. The molecule has 0 saturated heterocycles.